The zero-order chi connectivity index (χ0) is 7.40. The lowest BCUT2D eigenvalue weighted by atomic mass is 10.4. The van der Waals surface area contributed by atoms with Gasteiger partial charge in [-0.3, -0.25) is 0 Å². The monoisotopic (exact) mass is 146 g/mol. The number of carbonyl (C=O) groups excluding carboxylic acids is 1. The van der Waals surface area contributed by atoms with E-state index in [0.29, 0.717) is 6.61 Å². The normalized spacial score (nSPS) is 30.1. The first-order valence-electron chi connectivity index (χ1n) is 3.06. The molecule has 0 amide bonds. The summed E-state index contributed by atoms with van der Waals surface area (Å²) in [7, 11) is 1.55. The van der Waals surface area contributed by atoms with Crippen molar-refractivity contribution in [2.75, 3.05) is 20.5 Å². The molecule has 1 aliphatic heterocycles. The van der Waals surface area contributed by atoms with Crippen LogP contribution < -0.4 is 0 Å². The SMILES string of the molecule is COCOCC1OC1C=O. The van der Waals surface area contributed by atoms with Gasteiger partial charge < -0.3 is 19.0 Å². The Bertz CT molecular complexity index is 114. The van der Waals surface area contributed by atoms with Gasteiger partial charge in [0.05, 0.1) is 6.61 Å². The van der Waals surface area contributed by atoms with E-state index in [9.17, 15) is 4.79 Å². The minimum atomic E-state index is -0.239. The molecule has 0 spiro atoms. The molecular formula is C6H10O4. The third-order valence-electron chi connectivity index (χ3n) is 1.24. The maximum atomic E-state index is 10.00. The van der Waals surface area contributed by atoms with Gasteiger partial charge in [-0.2, -0.15) is 0 Å². The van der Waals surface area contributed by atoms with Gasteiger partial charge in [-0.05, 0) is 0 Å². The number of carbonyl (C=O) groups is 1. The van der Waals surface area contributed by atoms with Gasteiger partial charge in [-0.25, -0.2) is 0 Å². The number of methoxy groups -OCH3 is 1. The second kappa shape index (κ2) is 3.65. The Morgan fingerprint density at radius 2 is 2.50 bits per heavy atom. The predicted molar refractivity (Wildman–Crippen MR) is 32.6 cm³/mol. The van der Waals surface area contributed by atoms with Crippen LogP contribution in [-0.2, 0) is 19.0 Å². The summed E-state index contributed by atoms with van der Waals surface area (Å²) >= 11 is 0. The highest BCUT2D eigenvalue weighted by atomic mass is 16.7. The molecule has 0 aromatic rings. The highest BCUT2D eigenvalue weighted by Crippen LogP contribution is 2.19. The Balaban J connectivity index is 1.91. The van der Waals surface area contributed by atoms with E-state index in [1.807, 2.05) is 0 Å². The summed E-state index contributed by atoms with van der Waals surface area (Å²) < 4.78 is 14.4. The van der Waals surface area contributed by atoms with Crippen molar-refractivity contribution in [3.05, 3.63) is 0 Å². The highest BCUT2D eigenvalue weighted by molar-refractivity contribution is 5.60. The average Bonchev–Trinajstić information content (AvgIpc) is 2.68. The molecular weight excluding hydrogens is 136 g/mol. The third-order valence-corrected chi connectivity index (χ3v) is 1.24. The number of epoxide rings is 1. The van der Waals surface area contributed by atoms with Gasteiger partial charge in [0.15, 0.2) is 6.29 Å². The topological polar surface area (TPSA) is 48.1 Å². The van der Waals surface area contributed by atoms with Crippen LogP contribution in [0.2, 0.25) is 0 Å². The van der Waals surface area contributed by atoms with Gasteiger partial charge in [0.2, 0.25) is 0 Å². The number of rotatable bonds is 5. The zero-order valence-corrected chi connectivity index (χ0v) is 5.78. The van der Waals surface area contributed by atoms with Crippen molar-refractivity contribution in [1.29, 1.82) is 0 Å². The van der Waals surface area contributed by atoms with E-state index in [4.69, 9.17) is 9.47 Å². The third kappa shape index (κ3) is 2.06. The van der Waals surface area contributed by atoms with Gasteiger partial charge in [-0.1, -0.05) is 0 Å². The highest BCUT2D eigenvalue weighted by Gasteiger charge is 2.38. The van der Waals surface area contributed by atoms with Crippen LogP contribution in [0.4, 0.5) is 0 Å². The van der Waals surface area contributed by atoms with Crippen LogP contribution in [0.3, 0.4) is 0 Å². The summed E-state index contributed by atoms with van der Waals surface area (Å²) in [5, 5.41) is 0. The first-order valence-corrected chi connectivity index (χ1v) is 3.06. The van der Waals surface area contributed by atoms with E-state index in [-0.39, 0.29) is 19.0 Å². The summed E-state index contributed by atoms with van der Waals surface area (Å²) in [4.78, 5) is 10.00. The lowest BCUT2D eigenvalue weighted by Crippen LogP contribution is -2.07. The van der Waals surface area contributed by atoms with Crippen molar-refractivity contribution in [1.82, 2.24) is 0 Å². The molecule has 58 valence electrons. The fraction of sp³-hybridized carbons (Fsp3) is 0.833. The zero-order valence-electron chi connectivity index (χ0n) is 5.78. The quantitative estimate of drug-likeness (QED) is 0.228. The van der Waals surface area contributed by atoms with Crippen molar-refractivity contribution >= 4 is 6.29 Å². The Hall–Kier alpha value is -0.450. The molecule has 1 saturated heterocycles. The van der Waals surface area contributed by atoms with E-state index < -0.39 is 0 Å². The van der Waals surface area contributed by atoms with E-state index >= 15 is 0 Å². The molecule has 2 atom stereocenters. The van der Waals surface area contributed by atoms with E-state index in [1.165, 1.54) is 0 Å². The van der Waals surface area contributed by atoms with Crippen LogP contribution in [0.25, 0.3) is 0 Å². The van der Waals surface area contributed by atoms with Crippen LogP contribution >= 0.6 is 0 Å². The Morgan fingerprint density at radius 1 is 1.70 bits per heavy atom. The van der Waals surface area contributed by atoms with E-state index in [1.54, 1.807) is 7.11 Å². The fourth-order valence-electron chi connectivity index (χ4n) is 0.658. The molecule has 0 aromatic heterocycles. The summed E-state index contributed by atoms with van der Waals surface area (Å²) in [6.07, 6.45) is 0.505. The van der Waals surface area contributed by atoms with Crippen molar-refractivity contribution in [2.45, 2.75) is 12.2 Å². The van der Waals surface area contributed by atoms with Gasteiger partial charge in [0.25, 0.3) is 0 Å². The number of ether oxygens (including phenoxy) is 3. The lowest BCUT2D eigenvalue weighted by molar-refractivity contribution is -0.108. The predicted octanol–water partition coefficient (Wildman–Crippen LogP) is -0.427. The molecule has 1 aliphatic rings. The van der Waals surface area contributed by atoms with Gasteiger partial charge in [-0.15, -0.1) is 0 Å². The smallest absolute Gasteiger partial charge is 0.151 e. The Morgan fingerprint density at radius 3 is 3.00 bits per heavy atom. The molecule has 1 heterocycles. The molecule has 0 bridgehead atoms. The molecule has 10 heavy (non-hydrogen) atoms. The molecule has 1 rings (SSSR count). The van der Waals surface area contributed by atoms with Crippen molar-refractivity contribution in [3.63, 3.8) is 0 Å². The van der Waals surface area contributed by atoms with E-state index in [2.05, 4.69) is 4.74 Å². The summed E-state index contributed by atoms with van der Waals surface area (Å²) in [5.74, 6) is 0. The molecule has 1 fully saturated rings. The summed E-state index contributed by atoms with van der Waals surface area (Å²) in [6.45, 7) is 0.697. The first-order chi connectivity index (χ1) is 4.88. The molecule has 0 saturated carbocycles. The standard InChI is InChI=1S/C6H10O4/c1-8-4-9-3-6-5(2-7)10-6/h2,5-6H,3-4H2,1H3. The molecule has 2 unspecified atom stereocenters. The van der Waals surface area contributed by atoms with Crippen LogP contribution in [0, 0.1) is 0 Å². The van der Waals surface area contributed by atoms with E-state index in [0.717, 1.165) is 6.29 Å². The second-order valence-corrected chi connectivity index (χ2v) is 2.05. The Kier molecular flexibility index (Phi) is 2.80. The lowest BCUT2D eigenvalue weighted by Gasteiger charge is -1.96. The summed E-state index contributed by atoms with van der Waals surface area (Å²) in [6, 6.07) is 0. The molecule has 4 heteroatoms. The maximum absolute atomic E-state index is 10.00. The molecule has 0 aliphatic carbocycles. The van der Waals surface area contributed by atoms with Crippen LogP contribution in [0.1, 0.15) is 0 Å². The number of aldehydes is 1. The van der Waals surface area contributed by atoms with Crippen molar-refractivity contribution in [3.8, 4) is 0 Å². The number of hydrogen-bond acceptors (Lipinski definition) is 4. The Labute approximate surface area is 59.1 Å². The molecule has 0 radical (unpaired) electrons. The van der Waals surface area contributed by atoms with Crippen molar-refractivity contribution in [2.24, 2.45) is 0 Å². The molecule has 4 nitrogen and oxygen atoms in total. The minimum absolute atomic E-state index is 0.0346. The van der Waals surface area contributed by atoms with Crippen molar-refractivity contribution < 1.29 is 19.0 Å². The first kappa shape index (κ1) is 7.65. The average molecular weight is 146 g/mol. The molecule has 0 N–H and O–H groups in total. The summed E-state index contributed by atoms with van der Waals surface area (Å²) in [5.41, 5.74) is 0. The van der Waals surface area contributed by atoms with Crippen LogP contribution in [0.5, 0.6) is 0 Å². The van der Waals surface area contributed by atoms with Gasteiger partial charge >= 0.3 is 0 Å². The maximum Gasteiger partial charge on any atom is 0.151 e. The second-order valence-electron chi connectivity index (χ2n) is 2.05. The minimum Gasteiger partial charge on any atom is -0.359 e. The molecule has 0 aromatic carbocycles. The van der Waals surface area contributed by atoms with Gasteiger partial charge in [0.1, 0.15) is 19.0 Å². The van der Waals surface area contributed by atoms with Gasteiger partial charge in [0, 0.05) is 7.11 Å². The van der Waals surface area contributed by atoms with Crippen LogP contribution in [0.15, 0.2) is 0 Å². The fourth-order valence-corrected chi connectivity index (χ4v) is 0.658. The van der Waals surface area contributed by atoms with Crippen LogP contribution in [-0.4, -0.2) is 39.0 Å². The largest absolute Gasteiger partial charge is 0.359 e. The number of hydrogen-bond donors (Lipinski definition) is 0.